The lowest BCUT2D eigenvalue weighted by Gasteiger charge is -2.42. The number of hydrogen-bond acceptors (Lipinski definition) is 6. The SMILES string of the molecule is COc1c(Cl)cccc1Nc1c(-c2ccncc2OCC2CC(C)(C)O2)[nH]c2c1C(=O)NCC21CC1. The van der Waals surface area contributed by atoms with E-state index in [1.165, 1.54) is 0 Å². The number of para-hydroxylation sites is 1. The second kappa shape index (κ2) is 8.42. The maximum atomic E-state index is 13.2. The number of rotatable bonds is 7. The molecule has 1 saturated heterocycles. The first-order valence-electron chi connectivity index (χ1n) is 12.2. The molecule has 2 aliphatic heterocycles. The third-order valence-corrected chi connectivity index (χ3v) is 7.61. The number of halogens is 1. The van der Waals surface area contributed by atoms with Crippen LogP contribution in [-0.2, 0) is 10.2 Å². The summed E-state index contributed by atoms with van der Waals surface area (Å²) in [7, 11) is 1.57. The van der Waals surface area contributed by atoms with Crippen LogP contribution in [-0.4, -0.2) is 47.8 Å². The van der Waals surface area contributed by atoms with Gasteiger partial charge in [-0.3, -0.25) is 9.78 Å². The summed E-state index contributed by atoms with van der Waals surface area (Å²) in [6.45, 7) is 5.21. The van der Waals surface area contributed by atoms with Gasteiger partial charge in [0, 0.05) is 35.8 Å². The van der Waals surface area contributed by atoms with E-state index in [0.29, 0.717) is 46.6 Å². The molecule has 1 spiro atoms. The molecule has 36 heavy (non-hydrogen) atoms. The van der Waals surface area contributed by atoms with Crippen LogP contribution < -0.4 is 20.1 Å². The van der Waals surface area contributed by atoms with Crippen LogP contribution in [0.3, 0.4) is 0 Å². The number of methoxy groups -OCH3 is 1. The van der Waals surface area contributed by atoms with Crippen LogP contribution in [0, 0.1) is 0 Å². The Morgan fingerprint density at radius 2 is 2.08 bits per heavy atom. The van der Waals surface area contributed by atoms with E-state index in [4.69, 9.17) is 25.8 Å². The number of aromatic nitrogens is 2. The van der Waals surface area contributed by atoms with Gasteiger partial charge in [-0.15, -0.1) is 0 Å². The van der Waals surface area contributed by atoms with Crippen LogP contribution in [0.2, 0.25) is 5.02 Å². The smallest absolute Gasteiger partial charge is 0.255 e. The molecule has 1 aliphatic carbocycles. The normalized spacial score (nSPS) is 20.8. The molecule has 3 aliphatic rings. The topological polar surface area (TPSA) is 97.5 Å². The molecule has 8 nitrogen and oxygen atoms in total. The van der Waals surface area contributed by atoms with Crippen molar-refractivity contribution < 1.29 is 19.0 Å². The molecule has 2 fully saturated rings. The first-order chi connectivity index (χ1) is 17.3. The standard InChI is InChI=1S/C27H29ClN4O4/c1-26(2)11-15(36-26)13-35-19-12-29-10-7-16(19)21-22(31-18-6-4-5-17(28)23(18)34-3)20-24(32-21)27(8-9-27)14-30-25(20)33/h4-7,10,12,15,31-32H,8-9,11,13-14H2,1-3H3,(H,30,33). The minimum absolute atomic E-state index is 0.0405. The number of carbonyl (C=O) groups is 1. The molecule has 1 aromatic carbocycles. The number of aromatic amines is 1. The number of ether oxygens (including phenoxy) is 3. The Labute approximate surface area is 214 Å². The summed E-state index contributed by atoms with van der Waals surface area (Å²) in [6, 6.07) is 7.39. The van der Waals surface area contributed by atoms with Crippen LogP contribution in [0.15, 0.2) is 36.7 Å². The van der Waals surface area contributed by atoms with E-state index in [0.717, 1.165) is 36.2 Å². The Bertz CT molecular complexity index is 1340. The maximum absolute atomic E-state index is 13.2. The number of benzene rings is 1. The van der Waals surface area contributed by atoms with Crippen molar-refractivity contribution in [3.8, 4) is 22.8 Å². The van der Waals surface area contributed by atoms with Gasteiger partial charge in [0.25, 0.3) is 5.91 Å². The van der Waals surface area contributed by atoms with Gasteiger partial charge in [0.1, 0.15) is 12.4 Å². The lowest BCUT2D eigenvalue weighted by atomic mass is 9.93. The molecular formula is C27H29ClN4O4. The van der Waals surface area contributed by atoms with Gasteiger partial charge in [0.15, 0.2) is 5.75 Å². The zero-order valence-electron chi connectivity index (χ0n) is 20.5. The van der Waals surface area contributed by atoms with Crippen molar-refractivity contribution in [2.24, 2.45) is 0 Å². The Kier molecular flexibility index (Phi) is 5.42. The zero-order valence-corrected chi connectivity index (χ0v) is 21.3. The molecule has 2 aromatic heterocycles. The van der Waals surface area contributed by atoms with Crippen LogP contribution in [0.5, 0.6) is 11.5 Å². The number of nitrogens with one attached hydrogen (secondary N) is 3. The molecular weight excluding hydrogens is 480 g/mol. The summed E-state index contributed by atoms with van der Waals surface area (Å²) in [4.78, 5) is 21.1. The van der Waals surface area contributed by atoms with Crippen molar-refractivity contribution >= 4 is 28.9 Å². The summed E-state index contributed by atoms with van der Waals surface area (Å²) < 4.78 is 17.7. The first kappa shape index (κ1) is 23.2. The molecule has 6 rings (SSSR count). The summed E-state index contributed by atoms with van der Waals surface area (Å²) in [6.07, 6.45) is 6.45. The van der Waals surface area contributed by atoms with Crippen LogP contribution >= 0.6 is 11.6 Å². The predicted molar refractivity (Wildman–Crippen MR) is 138 cm³/mol. The second-order valence-electron chi connectivity index (χ2n) is 10.4. The molecule has 0 radical (unpaired) electrons. The highest BCUT2D eigenvalue weighted by atomic mass is 35.5. The molecule has 9 heteroatoms. The van der Waals surface area contributed by atoms with E-state index in [1.807, 2.05) is 18.2 Å². The van der Waals surface area contributed by atoms with Crippen LogP contribution in [0.4, 0.5) is 11.4 Å². The third kappa shape index (κ3) is 3.89. The Morgan fingerprint density at radius 3 is 2.81 bits per heavy atom. The van der Waals surface area contributed by atoms with Crippen molar-refractivity contribution in [2.75, 3.05) is 25.6 Å². The lowest BCUT2D eigenvalue weighted by Crippen LogP contribution is -2.48. The van der Waals surface area contributed by atoms with Gasteiger partial charge in [-0.1, -0.05) is 17.7 Å². The molecule has 188 valence electrons. The number of anilines is 2. The van der Waals surface area contributed by atoms with Gasteiger partial charge < -0.3 is 29.8 Å². The Hall–Kier alpha value is -3.23. The number of amides is 1. The minimum atomic E-state index is -0.116. The Balaban J connectivity index is 1.44. The summed E-state index contributed by atoms with van der Waals surface area (Å²) in [5.41, 5.74) is 4.30. The van der Waals surface area contributed by atoms with Gasteiger partial charge in [-0.05, 0) is 44.9 Å². The summed E-state index contributed by atoms with van der Waals surface area (Å²) in [5, 5.41) is 7.02. The maximum Gasteiger partial charge on any atom is 0.255 e. The van der Waals surface area contributed by atoms with Crippen molar-refractivity contribution in [1.29, 1.82) is 0 Å². The fourth-order valence-corrected chi connectivity index (χ4v) is 5.62. The quantitative estimate of drug-likeness (QED) is 0.405. The van der Waals surface area contributed by atoms with Gasteiger partial charge in [0.05, 0.1) is 52.7 Å². The number of pyridine rings is 1. The monoisotopic (exact) mass is 508 g/mol. The highest BCUT2D eigenvalue weighted by Crippen LogP contribution is 2.54. The van der Waals surface area contributed by atoms with Gasteiger partial charge in [-0.25, -0.2) is 0 Å². The molecule has 1 amide bonds. The second-order valence-corrected chi connectivity index (χ2v) is 10.8. The highest BCUT2D eigenvalue weighted by Gasteiger charge is 2.51. The third-order valence-electron chi connectivity index (χ3n) is 7.31. The molecule has 4 heterocycles. The van der Waals surface area contributed by atoms with Gasteiger partial charge in [-0.2, -0.15) is 0 Å². The minimum Gasteiger partial charge on any atom is -0.493 e. The van der Waals surface area contributed by atoms with Crippen molar-refractivity contribution in [1.82, 2.24) is 15.3 Å². The Morgan fingerprint density at radius 1 is 1.28 bits per heavy atom. The highest BCUT2D eigenvalue weighted by molar-refractivity contribution is 6.32. The first-order valence-corrected chi connectivity index (χ1v) is 12.6. The lowest BCUT2D eigenvalue weighted by molar-refractivity contribution is -0.194. The number of carbonyl (C=O) groups excluding carboxylic acids is 1. The van der Waals surface area contributed by atoms with E-state index in [2.05, 4.69) is 34.4 Å². The zero-order chi connectivity index (χ0) is 25.1. The molecule has 1 saturated carbocycles. The average Bonchev–Trinajstić information content (AvgIpc) is 3.52. The van der Waals surface area contributed by atoms with Crippen molar-refractivity contribution in [3.63, 3.8) is 0 Å². The van der Waals surface area contributed by atoms with Gasteiger partial charge >= 0.3 is 0 Å². The average molecular weight is 509 g/mol. The van der Waals surface area contributed by atoms with E-state index in [9.17, 15) is 4.79 Å². The number of hydrogen-bond donors (Lipinski definition) is 3. The molecule has 1 unspecified atom stereocenters. The number of nitrogens with zero attached hydrogens (tertiary/aromatic N) is 1. The van der Waals surface area contributed by atoms with E-state index < -0.39 is 0 Å². The fourth-order valence-electron chi connectivity index (χ4n) is 5.37. The summed E-state index contributed by atoms with van der Waals surface area (Å²) in [5.74, 6) is 1.01. The predicted octanol–water partition coefficient (Wildman–Crippen LogP) is 5.20. The van der Waals surface area contributed by atoms with Crippen molar-refractivity contribution in [3.05, 3.63) is 52.9 Å². The molecule has 1 atom stereocenters. The van der Waals surface area contributed by atoms with E-state index >= 15 is 0 Å². The fraction of sp³-hybridized carbons (Fsp3) is 0.407. The number of fused-ring (bicyclic) bond motifs is 2. The molecule has 0 bridgehead atoms. The molecule has 3 aromatic rings. The summed E-state index contributed by atoms with van der Waals surface area (Å²) >= 11 is 6.40. The van der Waals surface area contributed by atoms with Gasteiger partial charge in [0.2, 0.25) is 0 Å². The number of H-pyrrole nitrogens is 1. The van der Waals surface area contributed by atoms with E-state index in [1.54, 1.807) is 25.6 Å². The molecule has 3 N–H and O–H groups in total. The largest absolute Gasteiger partial charge is 0.493 e. The van der Waals surface area contributed by atoms with Crippen LogP contribution in [0.25, 0.3) is 11.3 Å². The van der Waals surface area contributed by atoms with Crippen LogP contribution in [0.1, 0.15) is 49.2 Å². The van der Waals surface area contributed by atoms with E-state index in [-0.39, 0.29) is 23.0 Å². The van der Waals surface area contributed by atoms with Crippen molar-refractivity contribution in [2.45, 2.75) is 50.2 Å².